The van der Waals surface area contributed by atoms with E-state index in [0.717, 1.165) is 4.48 Å². The van der Waals surface area contributed by atoms with Gasteiger partial charge in [0, 0.05) is 32.7 Å². The Morgan fingerprint density at radius 2 is 1.56 bits per heavy atom. The van der Waals surface area contributed by atoms with E-state index in [9.17, 15) is 0 Å². The SMILES string of the molecule is CCCC[N+](C)(C)C.[Y]. The van der Waals surface area contributed by atoms with E-state index in [1.807, 2.05) is 0 Å². The van der Waals surface area contributed by atoms with Crippen LogP contribution in [-0.4, -0.2) is 32.2 Å². The van der Waals surface area contributed by atoms with E-state index < -0.39 is 0 Å². The summed E-state index contributed by atoms with van der Waals surface area (Å²) in [6.45, 7) is 3.53. The van der Waals surface area contributed by atoms with Gasteiger partial charge in [-0.05, 0) is 6.42 Å². The van der Waals surface area contributed by atoms with Gasteiger partial charge in [-0.15, -0.1) is 0 Å². The molecule has 0 heterocycles. The van der Waals surface area contributed by atoms with Crippen molar-refractivity contribution in [3.05, 3.63) is 0 Å². The summed E-state index contributed by atoms with van der Waals surface area (Å²) in [5, 5.41) is 0. The van der Waals surface area contributed by atoms with Crippen molar-refractivity contribution >= 4 is 0 Å². The molecule has 0 rings (SSSR count). The van der Waals surface area contributed by atoms with Gasteiger partial charge < -0.3 is 4.48 Å². The molecule has 0 N–H and O–H groups in total. The van der Waals surface area contributed by atoms with E-state index in [1.165, 1.54) is 19.4 Å². The van der Waals surface area contributed by atoms with Crippen molar-refractivity contribution in [1.29, 1.82) is 0 Å². The van der Waals surface area contributed by atoms with Crippen LogP contribution in [0.1, 0.15) is 19.8 Å². The molecule has 1 nitrogen and oxygen atoms in total. The van der Waals surface area contributed by atoms with Crippen molar-refractivity contribution in [3.63, 3.8) is 0 Å². The number of rotatable bonds is 3. The molecule has 0 aromatic carbocycles. The maximum absolute atomic E-state index is 2.23. The molecule has 0 saturated carbocycles. The van der Waals surface area contributed by atoms with Gasteiger partial charge in [0.2, 0.25) is 0 Å². The second-order valence-corrected chi connectivity index (χ2v) is 3.37. The molecule has 0 aliphatic carbocycles. The Balaban J connectivity index is 0. The second-order valence-electron chi connectivity index (χ2n) is 3.37. The molecular formula is C7H18NY+. The van der Waals surface area contributed by atoms with Crippen molar-refractivity contribution in [2.75, 3.05) is 27.7 Å². The third kappa shape index (κ3) is 12.3. The smallest absolute Gasteiger partial charge is 0.0780 e. The van der Waals surface area contributed by atoms with Crippen molar-refractivity contribution < 1.29 is 37.2 Å². The summed E-state index contributed by atoms with van der Waals surface area (Å²) in [5.74, 6) is 0. The fourth-order valence-corrected chi connectivity index (χ4v) is 0.632. The molecule has 1 radical (unpaired) electrons. The second kappa shape index (κ2) is 5.82. The molecule has 0 aromatic heterocycles. The first-order chi connectivity index (χ1) is 3.56. The Morgan fingerprint density at radius 1 is 1.11 bits per heavy atom. The first kappa shape index (κ1) is 12.7. The minimum Gasteiger partial charge on any atom is -0.331 e. The standard InChI is InChI=1S/C7H18N.Y/c1-5-6-7-8(2,3)4;/h5-7H2,1-4H3;/q+1;. The minimum atomic E-state index is 0. The molecule has 53 valence electrons. The molecule has 0 spiro atoms. The van der Waals surface area contributed by atoms with Crippen molar-refractivity contribution in [2.24, 2.45) is 0 Å². The zero-order valence-corrected chi connectivity index (χ0v) is 9.98. The number of hydrogen-bond donors (Lipinski definition) is 0. The van der Waals surface area contributed by atoms with Gasteiger partial charge in [-0.3, -0.25) is 0 Å². The van der Waals surface area contributed by atoms with Crippen LogP contribution in [0, 0.1) is 0 Å². The Morgan fingerprint density at radius 3 is 1.67 bits per heavy atom. The van der Waals surface area contributed by atoms with E-state index in [2.05, 4.69) is 28.1 Å². The van der Waals surface area contributed by atoms with Crippen LogP contribution in [0.3, 0.4) is 0 Å². The van der Waals surface area contributed by atoms with Gasteiger partial charge >= 0.3 is 0 Å². The normalized spacial score (nSPS) is 10.7. The largest absolute Gasteiger partial charge is 0.331 e. The van der Waals surface area contributed by atoms with Crippen LogP contribution in [0.5, 0.6) is 0 Å². The van der Waals surface area contributed by atoms with E-state index >= 15 is 0 Å². The van der Waals surface area contributed by atoms with Gasteiger partial charge in [0.15, 0.2) is 0 Å². The van der Waals surface area contributed by atoms with Crippen molar-refractivity contribution in [3.8, 4) is 0 Å². The average molecular weight is 205 g/mol. The molecule has 0 unspecified atom stereocenters. The Labute approximate surface area is 84.3 Å². The van der Waals surface area contributed by atoms with Gasteiger partial charge in [-0.2, -0.15) is 0 Å². The predicted octanol–water partition coefficient (Wildman–Crippen LogP) is 1.49. The molecular weight excluding hydrogens is 187 g/mol. The molecule has 0 saturated heterocycles. The summed E-state index contributed by atoms with van der Waals surface area (Å²) in [5.41, 5.74) is 0. The monoisotopic (exact) mass is 205 g/mol. The number of hydrogen-bond acceptors (Lipinski definition) is 0. The number of unbranched alkanes of at least 4 members (excludes halogenated alkanes) is 1. The molecule has 0 fully saturated rings. The predicted molar refractivity (Wildman–Crippen MR) is 37.8 cm³/mol. The number of nitrogens with zero attached hydrogens (tertiary/aromatic N) is 1. The van der Waals surface area contributed by atoms with E-state index in [-0.39, 0.29) is 32.7 Å². The quantitative estimate of drug-likeness (QED) is 0.612. The third-order valence-electron chi connectivity index (χ3n) is 1.18. The molecule has 0 aliphatic heterocycles. The van der Waals surface area contributed by atoms with E-state index in [1.54, 1.807) is 0 Å². The average Bonchev–Trinajstić information content (AvgIpc) is 1.59. The summed E-state index contributed by atoms with van der Waals surface area (Å²) < 4.78 is 1.10. The third-order valence-corrected chi connectivity index (χ3v) is 1.18. The topological polar surface area (TPSA) is 0 Å². The summed E-state index contributed by atoms with van der Waals surface area (Å²) in [6, 6.07) is 0. The van der Waals surface area contributed by atoms with E-state index in [4.69, 9.17) is 0 Å². The summed E-state index contributed by atoms with van der Waals surface area (Å²) in [6.07, 6.45) is 2.67. The van der Waals surface area contributed by atoms with Gasteiger partial charge in [-0.1, -0.05) is 13.3 Å². The van der Waals surface area contributed by atoms with Crippen LogP contribution in [-0.2, 0) is 32.7 Å². The van der Waals surface area contributed by atoms with E-state index in [0.29, 0.717) is 0 Å². The molecule has 0 aromatic rings. The van der Waals surface area contributed by atoms with Crippen LogP contribution < -0.4 is 0 Å². The molecule has 0 bridgehead atoms. The molecule has 0 amide bonds. The zero-order valence-electron chi connectivity index (χ0n) is 7.15. The number of quaternary nitrogens is 1. The first-order valence-electron chi connectivity index (χ1n) is 3.36. The van der Waals surface area contributed by atoms with Gasteiger partial charge in [0.25, 0.3) is 0 Å². The maximum Gasteiger partial charge on any atom is 0.0780 e. The van der Waals surface area contributed by atoms with Crippen molar-refractivity contribution in [1.82, 2.24) is 0 Å². The molecule has 0 aliphatic rings. The van der Waals surface area contributed by atoms with Crippen LogP contribution in [0.4, 0.5) is 0 Å². The molecule has 2 heteroatoms. The first-order valence-corrected chi connectivity index (χ1v) is 3.36. The fraction of sp³-hybridized carbons (Fsp3) is 1.00. The molecule has 0 atom stereocenters. The maximum atomic E-state index is 2.23. The summed E-state index contributed by atoms with van der Waals surface area (Å²) in [4.78, 5) is 0. The van der Waals surface area contributed by atoms with Gasteiger partial charge in [-0.25, -0.2) is 0 Å². The summed E-state index contributed by atoms with van der Waals surface area (Å²) >= 11 is 0. The van der Waals surface area contributed by atoms with Crippen LogP contribution in [0.25, 0.3) is 0 Å². The van der Waals surface area contributed by atoms with Gasteiger partial charge in [0.1, 0.15) is 0 Å². The van der Waals surface area contributed by atoms with Gasteiger partial charge in [0.05, 0.1) is 27.7 Å². The Bertz CT molecular complexity index is 56.4. The zero-order chi connectivity index (χ0) is 6.62. The Hall–Kier alpha value is 1.06. The van der Waals surface area contributed by atoms with Crippen LogP contribution in [0.15, 0.2) is 0 Å². The van der Waals surface area contributed by atoms with Crippen LogP contribution >= 0.6 is 0 Å². The van der Waals surface area contributed by atoms with Crippen LogP contribution in [0.2, 0.25) is 0 Å². The van der Waals surface area contributed by atoms with Crippen molar-refractivity contribution in [2.45, 2.75) is 19.8 Å². The molecule has 9 heavy (non-hydrogen) atoms. The summed E-state index contributed by atoms with van der Waals surface area (Å²) in [7, 11) is 6.70. The Kier molecular flexibility index (Phi) is 8.22. The minimum absolute atomic E-state index is 0. The fourth-order valence-electron chi connectivity index (χ4n) is 0.632.